The molecule has 3 aromatic carbocycles. The van der Waals surface area contributed by atoms with E-state index < -0.39 is 5.91 Å². The Morgan fingerprint density at radius 1 is 0.821 bits per heavy atom. The second kappa shape index (κ2) is 11.8. The monoisotopic (exact) mass is 525 g/mol. The quantitative estimate of drug-likeness (QED) is 0.172. The lowest BCUT2D eigenvalue weighted by Crippen LogP contribution is -2.35. The smallest absolute Gasteiger partial charge is 0.258 e. The third kappa shape index (κ3) is 6.31. The molecule has 10 nitrogen and oxygen atoms in total. The molecule has 0 spiro atoms. The first-order chi connectivity index (χ1) is 18.8. The molecular formula is C29H27N5O5. The summed E-state index contributed by atoms with van der Waals surface area (Å²) >= 11 is 0. The van der Waals surface area contributed by atoms with Gasteiger partial charge in [-0.25, -0.2) is 0 Å². The fourth-order valence-corrected chi connectivity index (χ4v) is 3.82. The number of amides is 2. The second-order valence-corrected chi connectivity index (χ2v) is 8.48. The van der Waals surface area contributed by atoms with Gasteiger partial charge in [0.25, 0.3) is 11.8 Å². The fraction of sp³-hybridized carbons (Fsp3) is 0.103. The van der Waals surface area contributed by atoms with Gasteiger partial charge in [-0.2, -0.15) is 0 Å². The Balaban J connectivity index is 1.41. The summed E-state index contributed by atoms with van der Waals surface area (Å²) in [5.74, 6) is -1.23. The van der Waals surface area contributed by atoms with E-state index in [4.69, 9.17) is 14.9 Å². The predicted molar refractivity (Wildman–Crippen MR) is 149 cm³/mol. The van der Waals surface area contributed by atoms with E-state index in [0.717, 1.165) is 16.7 Å². The lowest BCUT2D eigenvalue weighted by atomic mass is 10.0. The van der Waals surface area contributed by atoms with Gasteiger partial charge in [0, 0.05) is 34.9 Å². The SMILES string of the molecule is COc1cc(C(=O)NC(=N)Nc2ccc(C)c(NC(=O)c3ccc(-c4ccncc4)cc3)c2)cc(O)c1OC. The van der Waals surface area contributed by atoms with Crippen LogP contribution in [0.4, 0.5) is 11.4 Å². The molecule has 4 rings (SSSR count). The minimum atomic E-state index is -0.639. The van der Waals surface area contributed by atoms with E-state index in [0.29, 0.717) is 16.9 Å². The number of aromatic hydroxyl groups is 1. The molecule has 0 atom stereocenters. The van der Waals surface area contributed by atoms with Crippen LogP contribution in [0.3, 0.4) is 0 Å². The largest absolute Gasteiger partial charge is 0.504 e. The van der Waals surface area contributed by atoms with Gasteiger partial charge in [0.1, 0.15) is 0 Å². The topological polar surface area (TPSA) is 146 Å². The lowest BCUT2D eigenvalue weighted by Gasteiger charge is -2.14. The molecule has 1 aromatic heterocycles. The number of carbonyl (C=O) groups is 2. The van der Waals surface area contributed by atoms with Crippen molar-refractivity contribution in [1.82, 2.24) is 10.3 Å². The van der Waals surface area contributed by atoms with Crippen LogP contribution in [0.2, 0.25) is 0 Å². The molecule has 0 radical (unpaired) electrons. The van der Waals surface area contributed by atoms with Crippen LogP contribution in [0, 0.1) is 12.3 Å². The zero-order valence-electron chi connectivity index (χ0n) is 21.5. The molecule has 0 saturated carbocycles. The maximum absolute atomic E-state index is 12.9. The van der Waals surface area contributed by atoms with Gasteiger partial charge in [-0.3, -0.25) is 25.3 Å². The molecule has 0 saturated heterocycles. The molecule has 1 heterocycles. The number of nitrogens with one attached hydrogen (secondary N) is 4. The zero-order chi connectivity index (χ0) is 27.9. The third-order valence-electron chi connectivity index (χ3n) is 5.88. The van der Waals surface area contributed by atoms with Gasteiger partial charge in [-0.15, -0.1) is 0 Å². The highest BCUT2D eigenvalue weighted by Gasteiger charge is 2.17. The average Bonchev–Trinajstić information content (AvgIpc) is 2.94. The molecule has 0 aliphatic carbocycles. The van der Waals surface area contributed by atoms with Crippen LogP contribution in [0.1, 0.15) is 26.3 Å². The highest BCUT2D eigenvalue weighted by atomic mass is 16.5. The molecule has 2 amide bonds. The molecule has 0 aliphatic rings. The summed E-state index contributed by atoms with van der Waals surface area (Å²) < 4.78 is 10.2. The minimum absolute atomic E-state index is 0.0727. The van der Waals surface area contributed by atoms with Crippen LogP contribution in [0.25, 0.3) is 11.1 Å². The Hall–Kier alpha value is -5.38. The van der Waals surface area contributed by atoms with Crippen molar-refractivity contribution in [2.24, 2.45) is 0 Å². The summed E-state index contributed by atoms with van der Waals surface area (Å²) in [6.07, 6.45) is 3.43. The molecule has 0 bridgehead atoms. The molecule has 10 heteroatoms. The number of nitrogens with zero attached hydrogens (tertiary/aromatic N) is 1. The van der Waals surface area contributed by atoms with E-state index in [2.05, 4.69) is 20.9 Å². The normalized spacial score (nSPS) is 10.3. The number of hydrogen-bond acceptors (Lipinski definition) is 7. The first-order valence-corrected chi connectivity index (χ1v) is 11.8. The molecular weight excluding hydrogens is 498 g/mol. The van der Waals surface area contributed by atoms with Crippen molar-refractivity contribution < 1.29 is 24.2 Å². The number of phenolic OH excluding ortho intramolecular Hbond substituents is 1. The molecule has 4 aromatic rings. The van der Waals surface area contributed by atoms with Crippen molar-refractivity contribution in [3.8, 4) is 28.4 Å². The summed E-state index contributed by atoms with van der Waals surface area (Å²) in [6.45, 7) is 1.85. The Bertz CT molecular complexity index is 1520. The van der Waals surface area contributed by atoms with Crippen LogP contribution in [-0.2, 0) is 0 Å². The van der Waals surface area contributed by atoms with Crippen LogP contribution in [0.15, 0.2) is 79.1 Å². The van der Waals surface area contributed by atoms with Crippen LogP contribution in [0.5, 0.6) is 17.2 Å². The highest BCUT2D eigenvalue weighted by molar-refractivity contribution is 6.10. The maximum Gasteiger partial charge on any atom is 0.258 e. The first kappa shape index (κ1) is 26.7. The number of phenols is 1. The minimum Gasteiger partial charge on any atom is -0.504 e. The van der Waals surface area contributed by atoms with Crippen LogP contribution < -0.4 is 25.4 Å². The van der Waals surface area contributed by atoms with E-state index in [-0.39, 0.29) is 34.7 Å². The first-order valence-electron chi connectivity index (χ1n) is 11.8. The lowest BCUT2D eigenvalue weighted by molar-refractivity contribution is 0.0974. The Kier molecular flexibility index (Phi) is 8.06. The number of benzene rings is 3. The van der Waals surface area contributed by atoms with Gasteiger partial charge in [-0.1, -0.05) is 18.2 Å². The number of aromatic nitrogens is 1. The van der Waals surface area contributed by atoms with Crippen molar-refractivity contribution in [2.75, 3.05) is 24.9 Å². The van der Waals surface area contributed by atoms with Gasteiger partial charge in [0.2, 0.25) is 5.75 Å². The molecule has 0 unspecified atom stereocenters. The van der Waals surface area contributed by atoms with Crippen LogP contribution >= 0.6 is 0 Å². The van der Waals surface area contributed by atoms with Crippen molar-refractivity contribution in [1.29, 1.82) is 5.41 Å². The molecule has 0 fully saturated rings. The van der Waals surface area contributed by atoms with Gasteiger partial charge in [0.15, 0.2) is 17.5 Å². The second-order valence-electron chi connectivity index (χ2n) is 8.48. The Labute approximate surface area is 225 Å². The summed E-state index contributed by atoms with van der Waals surface area (Å²) in [4.78, 5) is 29.6. The summed E-state index contributed by atoms with van der Waals surface area (Å²) in [6, 6.07) is 18.8. The number of anilines is 2. The van der Waals surface area contributed by atoms with Gasteiger partial charge in [0.05, 0.1) is 14.2 Å². The van der Waals surface area contributed by atoms with E-state index in [9.17, 15) is 14.7 Å². The molecule has 0 aliphatic heterocycles. The van der Waals surface area contributed by atoms with Crippen LogP contribution in [-0.4, -0.2) is 42.1 Å². The number of carbonyl (C=O) groups excluding carboxylic acids is 2. The zero-order valence-corrected chi connectivity index (χ0v) is 21.5. The number of hydrogen-bond donors (Lipinski definition) is 5. The van der Waals surface area contributed by atoms with Crippen molar-refractivity contribution >= 4 is 29.1 Å². The number of pyridine rings is 1. The molecule has 5 N–H and O–H groups in total. The number of methoxy groups -OCH3 is 2. The number of guanidine groups is 1. The van der Waals surface area contributed by atoms with E-state index >= 15 is 0 Å². The highest BCUT2D eigenvalue weighted by Crippen LogP contribution is 2.37. The number of aryl methyl sites for hydroxylation is 1. The average molecular weight is 526 g/mol. The van der Waals surface area contributed by atoms with E-state index in [1.807, 2.05) is 31.2 Å². The predicted octanol–water partition coefficient (Wildman–Crippen LogP) is 4.81. The van der Waals surface area contributed by atoms with E-state index in [1.165, 1.54) is 26.4 Å². The number of ether oxygens (including phenoxy) is 2. The molecule has 198 valence electrons. The number of rotatable bonds is 7. The van der Waals surface area contributed by atoms with Crippen molar-refractivity contribution in [3.63, 3.8) is 0 Å². The van der Waals surface area contributed by atoms with Crippen molar-refractivity contribution in [2.45, 2.75) is 6.92 Å². The maximum atomic E-state index is 12.9. The summed E-state index contributed by atoms with van der Waals surface area (Å²) in [7, 11) is 2.75. The Morgan fingerprint density at radius 2 is 1.51 bits per heavy atom. The third-order valence-corrected chi connectivity index (χ3v) is 5.88. The van der Waals surface area contributed by atoms with E-state index in [1.54, 1.807) is 42.7 Å². The molecule has 39 heavy (non-hydrogen) atoms. The summed E-state index contributed by atoms with van der Waals surface area (Å²) in [5, 5.41) is 26.4. The standard InChI is InChI=1S/C29H27N5O5/c1-17-4-9-22(32-29(30)34-28(37)21-14-24(35)26(39-3)25(15-21)38-2)16-23(17)33-27(36)20-7-5-18(6-8-20)19-10-12-31-13-11-19/h4-16,35H,1-3H3,(H,33,36)(H3,30,32,34,37). The summed E-state index contributed by atoms with van der Waals surface area (Å²) in [5.41, 5.74) is 4.38. The van der Waals surface area contributed by atoms with Crippen molar-refractivity contribution in [3.05, 3.63) is 95.8 Å². The van der Waals surface area contributed by atoms with Gasteiger partial charge < -0.3 is 25.2 Å². The van der Waals surface area contributed by atoms with Gasteiger partial charge >= 0.3 is 0 Å². The Morgan fingerprint density at radius 3 is 2.18 bits per heavy atom. The fourth-order valence-electron chi connectivity index (χ4n) is 3.82. The van der Waals surface area contributed by atoms with Gasteiger partial charge in [-0.05, 0) is 72.1 Å².